The lowest BCUT2D eigenvalue weighted by molar-refractivity contribution is 0.0405. The Bertz CT molecular complexity index is 674. The Morgan fingerprint density at radius 1 is 1.48 bits per heavy atom. The molecular weight excluding hydrogens is 342 g/mol. The van der Waals surface area contributed by atoms with Crippen molar-refractivity contribution in [1.82, 2.24) is 15.6 Å². The van der Waals surface area contributed by atoms with E-state index in [4.69, 9.17) is 16.0 Å². The molecule has 0 spiro atoms. The van der Waals surface area contributed by atoms with Crippen molar-refractivity contribution in [2.45, 2.75) is 44.7 Å². The van der Waals surface area contributed by atoms with Crippen LogP contribution in [0.4, 0.5) is 0 Å². The number of carbonyl (C=O) groups is 1. The summed E-state index contributed by atoms with van der Waals surface area (Å²) in [6.45, 7) is 5.25. The monoisotopic (exact) mass is 373 g/mol. The predicted molar refractivity (Wildman–Crippen MR) is 106 cm³/mol. The van der Waals surface area contributed by atoms with Gasteiger partial charge in [0.25, 0.3) is 5.91 Å². The van der Waals surface area contributed by atoms with Crippen LogP contribution in [0, 0.1) is 11.3 Å². The Morgan fingerprint density at radius 2 is 2.26 bits per heavy atom. The number of fused-ring (bicyclic) bond motifs is 1. The van der Waals surface area contributed by atoms with E-state index in [0.717, 1.165) is 50.1 Å². The predicted octanol–water partition coefficient (Wildman–Crippen LogP) is 1.67. The van der Waals surface area contributed by atoms with Gasteiger partial charge in [-0.25, -0.2) is 5.43 Å². The molecule has 1 atom stereocenters. The SMILES string of the molecule is CC(CC=N)(NN)N(CCC1CCNCC1)C(=O)c1ccc2c(c1)CCO2. The molecule has 0 radical (unpaired) electrons. The van der Waals surface area contributed by atoms with Crippen molar-refractivity contribution in [3.8, 4) is 5.75 Å². The highest BCUT2D eigenvalue weighted by atomic mass is 16.5. The second kappa shape index (κ2) is 8.82. The van der Waals surface area contributed by atoms with Gasteiger partial charge in [-0.15, -0.1) is 0 Å². The van der Waals surface area contributed by atoms with Crippen LogP contribution in [0.1, 0.15) is 48.5 Å². The van der Waals surface area contributed by atoms with Gasteiger partial charge in [-0.3, -0.25) is 10.6 Å². The van der Waals surface area contributed by atoms with Gasteiger partial charge in [0.05, 0.1) is 6.61 Å². The molecule has 2 aliphatic rings. The van der Waals surface area contributed by atoms with Crippen LogP contribution in [0.3, 0.4) is 0 Å². The highest BCUT2D eigenvalue weighted by Gasteiger charge is 2.35. The van der Waals surface area contributed by atoms with E-state index in [1.165, 1.54) is 6.21 Å². The van der Waals surface area contributed by atoms with Crippen molar-refractivity contribution in [1.29, 1.82) is 5.41 Å². The number of piperidine rings is 1. The molecule has 5 N–H and O–H groups in total. The van der Waals surface area contributed by atoms with Crippen molar-refractivity contribution in [2.24, 2.45) is 11.8 Å². The van der Waals surface area contributed by atoms with E-state index in [1.54, 1.807) is 4.90 Å². The quantitative estimate of drug-likeness (QED) is 0.240. The normalized spacial score (nSPS) is 19.0. The average molecular weight is 374 g/mol. The minimum atomic E-state index is -0.790. The van der Waals surface area contributed by atoms with E-state index in [-0.39, 0.29) is 5.91 Å². The Balaban J connectivity index is 1.80. The number of ether oxygens (including phenoxy) is 1. The fourth-order valence-corrected chi connectivity index (χ4v) is 3.98. The number of benzene rings is 1. The molecule has 0 aliphatic carbocycles. The maximum atomic E-state index is 13.4. The van der Waals surface area contributed by atoms with Crippen molar-refractivity contribution >= 4 is 12.1 Å². The van der Waals surface area contributed by atoms with Crippen molar-refractivity contribution in [3.05, 3.63) is 29.3 Å². The Hall–Kier alpha value is -1.96. The smallest absolute Gasteiger partial charge is 0.255 e. The van der Waals surface area contributed by atoms with Crippen LogP contribution in [0.25, 0.3) is 0 Å². The summed E-state index contributed by atoms with van der Waals surface area (Å²) in [7, 11) is 0. The maximum Gasteiger partial charge on any atom is 0.255 e. The van der Waals surface area contributed by atoms with Crippen LogP contribution in [-0.4, -0.2) is 48.9 Å². The van der Waals surface area contributed by atoms with Crippen LogP contribution < -0.4 is 21.3 Å². The third kappa shape index (κ3) is 4.48. The van der Waals surface area contributed by atoms with Crippen LogP contribution in [0.2, 0.25) is 0 Å². The summed E-state index contributed by atoms with van der Waals surface area (Å²) in [6, 6.07) is 5.64. The number of nitrogens with one attached hydrogen (secondary N) is 3. The van der Waals surface area contributed by atoms with E-state index in [1.807, 2.05) is 25.1 Å². The molecule has 1 fully saturated rings. The number of hydrazine groups is 1. The average Bonchev–Trinajstić information content (AvgIpc) is 3.16. The van der Waals surface area contributed by atoms with Crippen LogP contribution in [0.5, 0.6) is 5.75 Å². The molecule has 2 aliphatic heterocycles. The third-order valence-electron chi connectivity index (χ3n) is 5.81. The van der Waals surface area contributed by atoms with Crippen LogP contribution >= 0.6 is 0 Å². The number of carbonyl (C=O) groups excluding carboxylic acids is 1. The summed E-state index contributed by atoms with van der Waals surface area (Å²) in [4.78, 5) is 15.2. The van der Waals surface area contributed by atoms with Crippen molar-refractivity contribution in [2.75, 3.05) is 26.2 Å². The molecule has 148 valence electrons. The molecule has 0 bridgehead atoms. The summed E-state index contributed by atoms with van der Waals surface area (Å²) < 4.78 is 5.55. The Morgan fingerprint density at radius 3 is 2.96 bits per heavy atom. The fraction of sp³-hybridized carbons (Fsp3) is 0.600. The minimum Gasteiger partial charge on any atom is -0.493 e. The molecule has 3 rings (SSSR count). The number of hydrogen-bond acceptors (Lipinski definition) is 6. The summed E-state index contributed by atoms with van der Waals surface area (Å²) in [5, 5.41) is 10.9. The Labute approximate surface area is 161 Å². The molecule has 1 aromatic carbocycles. The highest BCUT2D eigenvalue weighted by molar-refractivity contribution is 5.95. The van der Waals surface area contributed by atoms with Gasteiger partial charge in [0.1, 0.15) is 11.4 Å². The first kappa shape index (κ1) is 19.8. The molecule has 1 aromatic rings. The van der Waals surface area contributed by atoms with E-state index in [2.05, 4.69) is 10.7 Å². The maximum absolute atomic E-state index is 13.4. The molecule has 1 saturated heterocycles. The summed E-state index contributed by atoms with van der Waals surface area (Å²) in [6.07, 6.45) is 5.71. The van der Waals surface area contributed by atoms with E-state index in [9.17, 15) is 4.79 Å². The molecule has 27 heavy (non-hydrogen) atoms. The zero-order chi connectivity index (χ0) is 19.3. The van der Waals surface area contributed by atoms with Gasteiger partial charge < -0.3 is 20.4 Å². The first-order valence-electron chi connectivity index (χ1n) is 9.82. The summed E-state index contributed by atoms with van der Waals surface area (Å²) in [5.74, 6) is 7.25. The third-order valence-corrected chi connectivity index (χ3v) is 5.81. The molecular formula is C20H31N5O2. The summed E-state index contributed by atoms with van der Waals surface area (Å²) >= 11 is 0. The lowest BCUT2D eigenvalue weighted by Gasteiger charge is -2.41. The second-order valence-electron chi connectivity index (χ2n) is 7.69. The van der Waals surface area contributed by atoms with E-state index >= 15 is 0 Å². The molecule has 7 heteroatoms. The van der Waals surface area contributed by atoms with Crippen LogP contribution in [0.15, 0.2) is 18.2 Å². The van der Waals surface area contributed by atoms with Gasteiger partial charge >= 0.3 is 0 Å². The molecule has 1 amide bonds. The van der Waals surface area contributed by atoms with Gasteiger partial charge in [0, 0.05) is 24.9 Å². The molecule has 2 heterocycles. The highest BCUT2D eigenvalue weighted by Crippen LogP contribution is 2.28. The number of rotatable bonds is 8. The van der Waals surface area contributed by atoms with Gasteiger partial charge in [-0.05, 0) is 75.2 Å². The number of nitrogens with two attached hydrogens (primary N) is 1. The zero-order valence-corrected chi connectivity index (χ0v) is 16.1. The number of hydrogen-bond donors (Lipinski definition) is 4. The molecule has 1 unspecified atom stereocenters. The van der Waals surface area contributed by atoms with Gasteiger partial charge in [0.15, 0.2) is 0 Å². The van der Waals surface area contributed by atoms with Gasteiger partial charge in [-0.2, -0.15) is 0 Å². The van der Waals surface area contributed by atoms with Gasteiger partial charge in [-0.1, -0.05) is 0 Å². The van der Waals surface area contributed by atoms with Crippen molar-refractivity contribution in [3.63, 3.8) is 0 Å². The van der Waals surface area contributed by atoms with Crippen LogP contribution in [-0.2, 0) is 6.42 Å². The lowest BCUT2D eigenvalue weighted by Crippen LogP contribution is -2.62. The van der Waals surface area contributed by atoms with Crippen molar-refractivity contribution < 1.29 is 9.53 Å². The second-order valence-corrected chi connectivity index (χ2v) is 7.69. The fourth-order valence-electron chi connectivity index (χ4n) is 3.98. The molecule has 0 aromatic heterocycles. The largest absolute Gasteiger partial charge is 0.493 e. The lowest BCUT2D eigenvalue weighted by atomic mass is 9.93. The topological polar surface area (TPSA) is 103 Å². The standard InChI is InChI=1S/C20H31N5O2/c1-20(24-22,8-9-21)25(12-6-15-4-10-23-11-5-15)19(26)17-2-3-18-16(14-17)7-13-27-18/h2-3,9,14-15,21,23-24H,4-8,10-13,22H2,1H3. The van der Waals surface area contributed by atoms with E-state index in [0.29, 0.717) is 31.1 Å². The zero-order valence-electron chi connectivity index (χ0n) is 16.1. The minimum absolute atomic E-state index is 0.0547. The van der Waals surface area contributed by atoms with E-state index < -0.39 is 5.66 Å². The number of amides is 1. The molecule has 7 nitrogen and oxygen atoms in total. The first-order chi connectivity index (χ1) is 13.1. The first-order valence-corrected chi connectivity index (χ1v) is 9.82. The number of nitrogens with zero attached hydrogens (tertiary/aromatic N) is 1. The van der Waals surface area contributed by atoms with Gasteiger partial charge in [0.2, 0.25) is 0 Å². The molecule has 0 saturated carbocycles. The Kier molecular flexibility index (Phi) is 6.46. The summed E-state index contributed by atoms with van der Waals surface area (Å²) in [5.41, 5.74) is 3.72.